The van der Waals surface area contributed by atoms with Gasteiger partial charge < -0.3 is 4.74 Å². The number of ether oxygens (including phenoxy) is 1. The van der Waals surface area contributed by atoms with E-state index in [9.17, 15) is 0 Å². The molecule has 0 fully saturated rings. The predicted octanol–water partition coefficient (Wildman–Crippen LogP) is 4.79. The fourth-order valence-corrected chi connectivity index (χ4v) is 2.67. The van der Waals surface area contributed by atoms with Gasteiger partial charge in [-0.15, -0.1) is 0 Å². The third-order valence-corrected chi connectivity index (χ3v) is 3.71. The Hall–Kier alpha value is -2.07. The molecule has 3 aromatic rings. The second-order valence-corrected chi connectivity index (χ2v) is 6.85. The van der Waals surface area contributed by atoms with E-state index in [0.717, 1.165) is 34.6 Å². The van der Waals surface area contributed by atoms with E-state index in [0.29, 0.717) is 5.15 Å². The number of nitrogens with zero attached hydrogens (tertiary/aromatic N) is 3. The maximum absolute atomic E-state index is 6.36. The summed E-state index contributed by atoms with van der Waals surface area (Å²) in [5, 5.41) is 4.84. The molecule has 0 aliphatic rings. The Morgan fingerprint density at radius 1 is 1.22 bits per heavy atom. The molecule has 3 rings (SSSR count). The van der Waals surface area contributed by atoms with E-state index in [-0.39, 0.29) is 5.60 Å². The van der Waals surface area contributed by atoms with E-state index in [1.165, 1.54) is 0 Å². The molecule has 0 spiro atoms. The highest BCUT2D eigenvalue weighted by atomic mass is 35.5. The van der Waals surface area contributed by atoms with E-state index in [1.807, 2.05) is 57.3 Å². The molecule has 0 N–H and O–H groups in total. The molecule has 1 aromatic carbocycles. The average molecular weight is 330 g/mol. The summed E-state index contributed by atoms with van der Waals surface area (Å²) in [5.74, 6) is 0.817. The minimum Gasteiger partial charge on any atom is -0.488 e. The van der Waals surface area contributed by atoms with Crippen LogP contribution >= 0.6 is 11.6 Å². The number of hydrogen-bond donors (Lipinski definition) is 0. The van der Waals surface area contributed by atoms with E-state index >= 15 is 0 Å². The van der Waals surface area contributed by atoms with Crippen LogP contribution in [0.1, 0.15) is 33.3 Å². The summed E-state index contributed by atoms with van der Waals surface area (Å²) in [6.45, 7) is 8.17. The van der Waals surface area contributed by atoms with Gasteiger partial charge in [-0.3, -0.25) is 0 Å². The van der Waals surface area contributed by atoms with Gasteiger partial charge in [-0.2, -0.15) is 5.10 Å². The molecule has 23 heavy (non-hydrogen) atoms. The summed E-state index contributed by atoms with van der Waals surface area (Å²) in [7, 11) is 0. The predicted molar refractivity (Wildman–Crippen MR) is 93.2 cm³/mol. The monoisotopic (exact) mass is 329 g/mol. The van der Waals surface area contributed by atoms with E-state index < -0.39 is 0 Å². The van der Waals surface area contributed by atoms with Gasteiger partial charge in [0.25, 0.3) is 0 Å². The zero-order chi connectivity index (χ0) is 16.6. The zero-order valence-electron chi connectivity index (χ0n) is 13.8. The molecule has 0 bridgehead atoms. The molecule has 4 nitrogen and oxygen atoms in total. The Morgan fingerprint density at radius 2 is 2.00 bits per heavy atom. The van der Waals surface area contributed by atoms with Crippen molar-refractivity contribution in [3.63, 3.8) is 0 Å². The maximum Gasteiger partial charge on any atom is 0.160 e. The van der Waals surface area contributed by atoms with Crippen LogP contribution in [0.3, 0.4) is 0 Å². The molecule has 2 heterocycles. The fourth-order valence-electron chi connectivity index (χ4n) is 2.44. The first kappa shape index (κ1) is 15.8. The van der Waals surface area contributed by atoms with Crippen molar-refractivity contribution in [2.24, 2.45) is 0 Å². The largest absolute Gasteiger partial charge is 0.488 e. The molecule has 0 saturated heterocycles. The number of benzene rings is 1. The summed E-state index contributed by atoms with van der Waals surface area (Å²) < 4.78 is 7.60. The first-order chi connectivity index (χ1) is 10.9. The highest BCUT2D eigenvalue weighted by molar-refractivity contribution is 6.30. The van der Waals surface area contributed by atoms with Crippen LogP contribution < -0.4 is 4.74 Å². The summed E-state index contributed by atoms with van der Waals surface area (Å²) in [6.07, 6.45) is 2.68. The second kappa shape index (κ2) is 5.85. The zero-order valence-corrected chi connectivity index (χ0v) is 14.6. The van der Waals surface area contributed by atoms with Crippen molar-refractivity contribution in [1.82, 2.24) is 14.6 Å². The number of rotatable bonds is 3. The maximum atomic E-state index is 6.36. The molecule has 2 aromatic heterocycles. The van der Waals surface area contributed by atoms with Gasteiger partial charge in [-0.05, 0) is 39.3 Å². The molecule has 0 aliphatic heterocycles. The topological polar surface area (TPSA) is 39.4 Å². The number of fused-ring (bicyclic) bond motifs is 1. The Kier molecular flexibility index (Phi) is 4.02. The van der Waals surface area contributed by atoms with Crippen LogP contribution in [0.15, 0.2) is 36.5 Å². The van der Waals surface area contributed by atoms with Gasteiger partial charge in [0.1, 0.15) is 16.5 Å². The molecule has 0 amide bonds. The Morgan fingerprint density at radius 3 is 2.70 bits per heavy atom. The van der Waals surface area contributed by atoms with Crippen LogP contribution in [-0.2, 0) is 6.42 Å². The minimum absolute atomic E-state index is 0.242. The molecule has 5 heteroatoms. The molecule has 0 radical (unpaired) electrons. The van der Waals surface area contributed by atoms with Crippen LogP contribution in [-0.4, -0.2) is 20.2 Å². The number of aryl methyl sites for hydroxylation is 1. The van der Waals surface area contributed by atoms with Gasteiger partial charge in [0.15, 0.2) is 5.65 Å². The smallest absolute Gasteiger partial charge is 0.160 e. The SMILES string of the molecule is CCc1cnn2c(Cl)cc(-c3cccc(OC(C)(C)C)c3)nc12. The number of halogens is 1. The molecular formula is C18H20ClN3O. The van der Waals surface area contributed by atoms with Crippen molar-refractivity contribution in [3.8, 4) is 17.0 Å². The standard InChI is InChI=1S/C18H20ClN3O/c1-5-12-11-20-22-16(19)10-15(21-17(12)22)13-7-6-8-14(9-13)23-18(2,3)4/h6-11H,5H2,1-4H3. The Balaban J connectivity index is 2.08. The third kappa shape index (κ3) is 3.32. The average Bonchev–Trinajstić information content (AvgIpc) is 2.89. The summed E-state index contributed by atoms with van der Waals surface area (Å²) in [5.41, 5.74) is 3.43. The third-order valence-electron chi connectivity index (χ3n) is 3.44. The molecule has 0 atom stereocenters. The van der Waals surface area contributed by atoms with Crippen LogP contribution in [0.25, 0.3) is 16.9 Å². The minimum atomic E-state index is -0.242. The molecule has 0 saturated carbocycles. The Labute approximate surface area is 141 Å². The molecule has 120 valence electrons. The van der Waals surface area contributed by atoms with Crippen LogP contribution in [0.4, 0.5) is 0 Å². The van der Waals surface area contributed by atoms with Gasteiger partial charge in [-0.1, -0.05) is 30.7 Å². The van der Waals surface area contributed by atoms with Gasteiger partial charge in [0.2, 0.25) is 0 Å². The van der Waals surface area contributed by atoms with Crippen LogP contribution in [0, 0.1) is 0 Å². The van der Waals surface area contributed by atoms with Crippen molar-refractivity contribution in [3.05, 3.63) is 47.2 Å². The summed E-state index contributed by atoms with van der Waals surface area (Å²) in [6, 6.07) is 9.74. The highest BCUT2D eigenvalue weighted by Crippen LogP contribution is 2.28. The van der Waals surface area contributed by atoms with Gasteiger partial charge >= 0.3 is 0 Å². The van der Waals surface area contributed by atoms with Gasteiger partial charge in [0, 0.05) is 17.2 Å². The number of aromatic nitrogens is 3. The van der Waals surface area contributed by atoms with Gasteiger partial charge in [0.05, 0.1) is 11.9 Å². The second-order valence-electron chi connectivity index (χ2n) is 6.47. The summed E-state index contributed by atoms with van der Waals surface area (Å²) >= 11 is 6.36. The van der Waals surface area contributed by atoms with Crippen molar-refractivity contribution < 1.29 is 4.74 Å². The van der Waals surface area contributed by atoms with Crippen molar-refractivity contribution in [1.29, 1.82) is 0 Å². The molecule has 0 unspecified atom stereocenters. The lowest BCUT2D eigenvalue weighted by Crippen LogP contribution is -2.22. The first-order valence-corrected chi connectivity index (χ1v) is 8.08. The highest BCUT2D eigenvalue weighted by Gasteiger charge is 2.14. The van der Waals surface area contributed by atoms with E-state index in [4.69, 9.17) is 21.3 Å². The van der Waals surface area contributed by atoms with E-state index in [1.54, 1.807) is 4.52 Å². The lowest BCUT2D eigenvalue weighted by atomic mass is 10.1. The lowest BCUT2D eigenvalue weighted by molar-refractivity contribution is 0.131. The van der Waals surface area contributed by atoms with Crippen molar-refractivity contribution >= 4 is 17.2 Å². The lowest BCUT2D eigenvalue weighted by Gasteiger charge is -2.21. The summed E-state index contributed by atoms with van der Waals surface area (Å²) in [4.78, 5) is 4.74. The normalized spacial score (nSPS) is 11.9. The fraction of sp³-hybridized carbons (Fsp3) is 0.333. The number of hydrogen-bond acceptors (Lipinski definition) is 3. The first-order valence-electron chi connectivity index (χ1n) is 7.70. The van der Waals surface area contributed by atoms with Crippen molar-refractivity contribution in [2.75, 3.05) is 0 Å². The molecular weight excluding hydrogens is 310 g/mol. The van der Waals surface area contributed by atoms with Crippen LogP contribution in [0.2, 0.25) is 5.15 Å². The quantitative estimate of drug-likeness (QED) is 0.648. The Bertz CT molecular complexity index is 849. The van der Waals surface area contributed by atoms with Crippen molar-refractivity contribution in [2.45, 2.75) is 39.7 Å². The van der Waals surface area contributed by atoms with Crippen LogP contribution in [0.5, 0.6) is 5.75 Å². The molecule has 0 aliphatic carbocycles. The van der Waals surface area contributed by atoms with Gasteiger partial charge in [-0.25, -0.2) is 9.50 Å². The van der Waals surface area contributed by atoms with E-state index in [2.05, 4.69) is 12.0 Å².